The zero-order valence-electron chi connectivity index (χ0n) is 14.8. The number of methoxy groups -OCH3 is 2. The summed E-state index contributed by atoms with van der Waals surface area (Å²) in [6.45, 7) is 0.252. The summed E-state index contributed by atoms with van der Waals surface area (Å²) >= 11 is 9.48. The third kappa shape index (κ3) is 4.20. The van der Waals surface area contributed by atoms with Crippen LogP contribution in [0.2, 0.25) is 5.02 Å². The largest absolute Gasteiger partial charge is 0.497 e. The van der Waals surface area contributed by atoms with Crippen LogP contribution in [0, 0.1) is 5.92 Å². The smallest absolute Gasteiger partial charge is 0.229 e. The maximum atomic E-state index is 12.6. The molecule has 2 aromatic carbocycles. The van der Waals surface area contributed by atoms with Crippen molar-refractivity contribution in [2.45, 2.75) is 6.42 Å². The SMILES string of the molecule is COc1ccc(OC)c(N2CC(C(=O)Nc3ccc(Br)cc3Cl)CC2=O)c1. The van der Waals surface area contributed by atoms with Crippen LogP contribution in [0.15, 0.2) is 40.9 Å². The molecule has 6 nitrogen and oxygen atoms in total. The minimum atomic E-state index is -0.492. The van der Waals surface area contributed by atoms with Crippen molar-refractivity contribution in [3.05, 3.63) is 45.9 Å². The van der Waals surface area contributed by atoms with Crippen LogP contribution in [-0.2, 0) is 9.59 Å². The lowest BCUT2D eigenvalue weighted by molar-refractivity contribution is -0.122. The van der Waals surface area contributed by atoms with Crippen molar-refractivity contribution >= 4 is 50.7 Å². The molecule has 0 bridgehead atoms. The van der Waals surface area contributed by atoms with Crippen LogP contribution in [-0.4, -0.2) is 32.6 Å². The number of nitrogens with zero attached hydrogens (tertiary/aromatic N) is 1. The lowest BCUT2D eigenvalue weighted by atomic mass is 10.1. The quantitative estimate of drug-likeness (QED) is 0.740. The van der Waals surface area contributed by atoms with Crippen LogP contribution in [0.3, 0.4) is 0 Å². The molecule has 8 heteroatoms. The van der Waals surface area contributed by atoms with Crippen molar-refractivity contribution < 1.29 is 19.1 Å². The second-order valence-corrected chi connectivity index (χ2v) is 7.38. The summed E-state index contributed by atoms with van der Waals surface area (Å²) in [6, 6.07) is 10.4. The van der Waals surface area contributed by atoms with E-state index in [1.165, 1.54) is 7.11 Å². The average Bonchev–Trinajstić information content (AvgIpc) is 3.05. The molecule has 0 aliphatic carbocycles. The molecule has 3 rings (SSSR count). The number of rotatable bonds is 5. The molecule has 0 aromatic heterocycles. The van der Waals surface area contributed by atoms with Crippen LogP contribution >= 0.6 is 27.5 Å². The van der Waals surface area contributed by atoms with Crippen LogP contribution in [0.1, 0.15) is 6.42 Å². The van der Waals surface area contributed by atoms with E-state index in [-0.39, 0.29) is 24.8 Å². The minimum absolute atomic E-state index is 0.111. The van der Waals surface area contributed by atoms with Crippen molar-refractivity contribution in [2.75, 3.05) is 31.0 Å². The van der Waals surface area contributed by atoms with Crippen LogP contribution < -0.4 is 19.7 Å². The molecule has 1 unspecified atom stereocenters. The molecule has 1 N–H and O–H groups in total. The molecule has 1 fully saturated rings. The van der Waals surface area contributed by atoms with Gasteiger partial charge in [0.2, 0.25) is 11.8 Å². The van der Waals surface area contributed by atoms with Gasteiger partial charge in [-0.2, -0.15) is 0 Å². The molecule has 0 radical (unpaired) electrons. The Morgan fingerprint density at radius 2 is 2.00 bits per heavy atom. The number of hydrogen-bond acceptors (Lipinski definition) is 4. The van der Waals surface area contributed by atoms with E-state index in [2.05, 4.69) is 21.2 Å². The van der Waals surface area contributed by atoms with E-state index >= 15 is 0 Å². The Hall–Kier alpha value is -2.25. The molecular formula is C19H18BrClN2O4. The van der Waals surface area contributed by atoms with Crippen LogP contribution in [0.25, 0.3) is 0 Å². The second kappa shape index (κ2) is 8.19. The number of anilines is 2. The molecule has 27 heavy (non-hydrogen) atoms. The summed E-state index contributed by atoms with van der Waals surface area (Å²) in [5.74, 6) is 0.253. The van der Waals surface area contributed by atoms with E-state index in [0.29, 0.717) is 27.9 Å². The first-order valence-corrected chi connectivity index (χ1v) is 9.38. The van der Waals surface area contributed by atoms with E-state index in [1.807, 2.05) is 0 Å². The zero-order chi connectivity index (χ0) is 19.6. The number of carbonyl (C=O) groups excluding carboxylic acids is 2. The zero-order valence-corrected chi connectivity index (χ0v) is 17.1. The van der Waals surface area contributed by atoms with Crippen molar-refractivity contribution in [3.63, 3.8) is 0 Å². The van der Waals surface area contributed by atoms with Crippen LogP contribution in [0.5, 0.6) is 11.5 Å². The molecule has 1 atom stereocenters. The number of hydrogen-bond donors (Lipinski definition) is 1. The van der Waals surface area contributed by atoms with Gasteiger partial charge < -0.3 is 19.7 Å². The summed E-state index contributed by atoms with van der Waals surface area (Å²) in [5, 5.41) is 3.22. The first kappa shape index (κ1) is 19.5. The lowest BCUT2D eigenvalue weighted by Gasteiger charge is -2.20. The molecule has 0 spiro atoms. The van der Waals surface area contributed by atoms with Gasteiger partial charge >= 0.3 is 0 Å². The number of ether oxygens (including phenoxy) is 2. The third-order valence-electron chi connectivity index (χ3n) is 4.36. The van der Waals surface area contributed by atoms with E-state index in [4.69, 9.17) is 21.1 Å². The summed E-state index contributed by atoms with van der Waals surface area (Å²) in [5.41, 5.74) is 1.09. The Morgan fingerprint density at radius 1 is 1.22 bits per heavy atom. The van der Waals surface area contributed by atoms with E-state index < -0.39 is 5.92 Å². The van der Waals surface area contributed by atoms with Gasteiger partial charge in [0.05, 0.1) is 36.5 Å². The highest BCUT2D eigenvalue weighted by Gasteiger charge is 2.36. The molecule has 1 aliphatic heterocycles. The standard InChI is InChI=1S/C19H18BrClN2O4/c1-26-13-4-6-17(27-2)16(9-13)23-10-11(7-18(23)24)19(25)22-15-5-3-12(20)8-14(15)21/h3-6,8-9,11H,7,10H2,1-2H3,(H,22,25). The normalized spacial score (nSPS) is 16.4. The Bertz CT molecular complexity index is 890. The first-order chi connectivity index (χ1) is 12.9. The molecule has 1 heterocycles. The first-order valence-electron chi connectivity index (χ1n) is 8.21. The minimum Gasteiger partial charge on any atom is -0.497 e. The fourth-order valence-corrected chi connectivity index (χ4v) is 3.67. The number of nitrogens with one attached hydrogen (secondary N) is 1. The third-order valence-corrected chi connectivity index (χ3v) is 5.17. The number of amides is 2. The van der Waals surface area contributed by atoms with Crippen molar-refractivity contribution in [1.82, 2.24) is 0 Å². The maximum absolute atomic E-state index is 12.6. The maximum Gasteiger partial charge on any atom is 0.229 e. The Kier molecular flexibility index (Phi) is 5.92. The number of benzene rings is 2. The summed E-state index contributed by atoms with van der Waals surface area (Å²) < 4.78 is 11.4. The van der Waals surface area contributed by atoms with Gasteiger partial charge in [0.15, 0.2) is 0 Å². The topological polar surface area (TPSA) is 67.9 Å². The van der Waals surface area contributed by atoms with Gasteiger partial charge in [0, 0.05) is 23.5 Å². The average molecular weight is 454 g/mol. The molecular weight excluding hydrogens is 436 g/mol. The Morgan fingerprint density at radius 3 is 2.67 bits per heavy atom. The monoisotopic (exact) mass is 452 g/mol. The van der Waals surface area contributed by atoms with Gasteiger partial charge in [0.1, 0.15) is 11.5 Å². The molecule has 1 saturated heterocycles. The summed E-state index contributed by atoms with van der Waals surface area (Å²) in [7, 11) is 3.08. The van der Waals surface area contributed by atoms with E-state index in [0.717, 1.165) is 4.47 Å². The van der Waals surface area contributed by atoms with Crippen LogP contribution in [0.4, 0.5) is 11.4 Å². The van der Waals surface area contributed by atoms with Gasteiger partial charge in [-0.1, -0.05) is 27.5 Å². The van der Waals surface area contributed by atoms with Crippen molar-refractivity contribution in [3.8, 4) is 11.5 Å². The van der Waals surface area contributed by atoms with Gasteiger partial charge in [-0.15, -0.1) is 0 Å². The molecule has 1 aliphatic rings. The fourth-order valence-electron chi connectivity index (χ4n) is 2.95. The highest BCUT2D eigenvalue weighted by Crippen LogP contribution is 2.36. The fraction of sp³-hybridized carbons (Fsp3) is 0.263. The lowest BCUT2D eigenvalue weighted by Crippen LogP contribution is -2.28. The highest BCUT2D eigenvalue weighted by atomic mass is 79.9. The van der Waals surface area contributed by atoms with E-state index in [9.17, 15) is 9.59 Å². The van der Waals surface area contributed by atoms with E-state index in [1.54, 1.807) is 48.4 Å². The highest BCUT2D eigenvalue weighted by molar-refractivity contribution is 9.10. The Balaban J connectivity index is 1.78. The Labute approximate surface area is 170 Å². The summed E-state index contributed by atoms with van der Waals surface area (Å²) in [6.07, 6.45) is 0.111. The van der Waals surface area contributed by atoms with Gasteiger partial charge in [-0.25, -0.2) is 0 Å². The number of halogens is 2. The molecule has 2 amide bonds. The molecule has 0 saturated carbocycles. The summed E-state index contributed by atoms with van der Waals surface area (Å²) in [4.78, 5) is 26.7. The second-order valence-electron chi connectivity index (χ2n) is 6.06. The van der Waals surface area contributed by atoms with Gasteiger partial charge in [-0.05, 0) is 30.3 Å². The number of carbonyl (C=O) groups is 2. The van der Waals surface area contributed by atoms with Crippen molar-refractivity contribution in [2.24, 2.45) is 5.92 Å². The predicted molar refractivity (Wildman–Crippen MR) is 108 cm³/mol. The molecule has 142 valence electrons. The van der Waals surface area contributed by atoms with Crippen molar-refractivity contribution in [1.29, 1.82) is 0 Å². The predicted octanol–water partition coefficient (Wildman–Crippen LogP) is 4.11. The van der Waals surface area contributed by atoms with Gasteiger partial charge in [-0.3, -0.25) is 9.59 Å². The van der Waals surface area contributed by atoms with Gasteiger partial charge in [0.25, 0.3) is 0 Å². The molecule has 2 aromatic rings.